The second-order valence-corrected chi connectivity index (χ2v) is 11.3. The number of anilines is 1. The number of aliphatic carboxylic acids is 2. The molecule has 208 valence electrons. The fourth-order valence-electron chi connectivity index (χ4n) is 3.56. The van der Waals surface area contributed by atoms with E-state index in [9.17, 15) is 24.3 Å². The van der Waals surface area contributed by atoms with E-state index in [-0.39, 0.29) is 52.8 Å². The van der Waals surface area contributed by atoms with Gasteiger partial charge >= 0.3 is 11.9 Å². The number of thiazole rings is 1. The maximum atomic E-state index is 13.1. The first-order chi connectivity index (χ1) is 18.6. The predicted molar refractivity (Wildman–Crippen MR) is 140 cm³/mol. The van der Waals surface area contributed by atoms with Crippen LogP contribution in [0.3, 0.4) is 0 Å². The van der Waals surface area contributed by atoms with Crippen molar-refractivity contribution in [2.45, 2.75) is 49.5 Å². The Morgan fingerprint density at radius 1 is 1.36 bits per heavy atom. The second-order valence-electron chi connectivity index (χ2n) is 8.40. The van der Waals surface area contributed by atoms with Crippen molar-refractivity contribution in [2.24, 2.45) is 5.16 Å². The molecule has 4 heterocycles. The molecule has 1 fully saturated rings. The van der Waals surface area contributed by atoms with Gasteiger partial charge in [0, 0.05) is 16.9 Å². The molecule has 39 heavy (non-hydrogen) atoms. The Kier molecular flexibility index (Phi) is 8.70. The number of nitrogens with zero attached hydrogens (tertiary/aromatic N) is 7. The van der Waals surface area contributed by atoms with E-state index in [0.717, 1.165) is 28.0 Å². The van der Waals surface area contributed by atoms with E-state index >= 15 is 0 Å². The number of rotatable bonds is 12. The molecule has 0 aromatic carbocycles. The summed E-state index contributed by atoms with van der Waals surface area (Å²) >= 11 is 3.54. The number of β-lactam (4-membered cyclic amide) rings is 1. The van der Waals surface area contributed by atoms with Crippen LogP contribution in [0.15, 0.2) is 27.0 Å². The summed E-state index contributed by atoms with van der Waals surface area (Å²) in [6.07, 6.45) is -0.500. The van der Waals surface area contributed by atoms with E-state index in [2.05, 4.69) is 31.0 Å². The molecule has 4 rings (SSSR count). The molecule has 19 heteroatoms. The van der Waals surface area contributed by atoms with Gasteiger partial charge in [-0.25, -0.2) is 14.5 Å². The summed E-state index contributed by atoms with van der Waals surface area (Å²) in [7, 11) is 0. The number of carbonyl (C=O) groups excluding carboxylic acids is 2. The molecule has 0 saturated carbocycles. The van der Waals surface area contributed by atoms with Gasteiger partial charge < -0.3 is 26.1 Å². The minimum absolute atomic E-state index is 0.0549. The van der Waals surface area contributed by atoms with Gasteiger partial charge in [0.2, 0.25) is 5.16 Å². The highest BCUT2D eigenvalue weighted by Gasteiger charge is 2.54. The molecular formula is C20H23N9O7S3. The molecule has 2 atom stereocenters. The number of carboxylic acids is 2. The molecular weight excluding hydrogens is 574 g/mol. The first-order valence-corrected chi connectivity index (χ1v) is 14.2. The Balaban J connectivity index is 1.47. The number of hydrogen-bond acceptors (Lipinski definition) is 14. The number of thioether (sulfide) groups is 2. The fraction of sp³-hybridized carbons (Fsp3) is 0.450. The zero-order chi connectivity index (χ0) is 28.3. The number of fused-ring (bicyclic) bond motifs is 1. The van der Waals surface area contributed by atoms with Crippen LogP contribution in [0.25, 0.3) is 0 Å². The fourth-order valence-corrected chi connectivity index (χ4v) is 6.49. The summed E-state index contributed by atoms with van der Waals surface area (Å²) in [6, 6.07) is -0.991. The molecule has 0 radical (unpaired) electrons. The minimum Gasteiger partial charge on any atom is -0.481 e. The van der Waals surface area contributed by atoms with Crippen LogP contribution in [0.1, 0.15) is 26.0 Å². The SMILES string of the molecule is CC(C)O/N=C(\C(=O)NC1C(=O)N2C(C(=O)O)=C(CSc3nnnn3CCC(=O)O)CS[C@H]12)c1csc(N)n1. The summed E-state index contributed by atoms with van der Waals surface area (Å²) < 4.78 is 1.32. The second kappa shape index (κ2) is 12.0. The van der Waals surface area contributed by atoms with E-state index in [1.807, 2.05) is 0 Å². The van der Waals surface area contributed by atoms with Gasteiger partial charge in [0.1, 0.15) is 28.9 Å². The summed E-state index contributed by atoms with van der Waals surface area (Å²) in [5, 5.41) is 37.9. The van der Waals surface area contributed by atoms with Crippen molar-refractivity contribution in [3.05, 3.63) is 22.3 Å². The zero-order valence-corrected chi connectivity index (χ0v) is 23.0. The molecule has 0 aliphatic carbocycles. The largest absolute Gasteiger partial charge is 0.481 e. The quantitative estimate of drug-likeness (QED) is 0.108. The van der Waals surface area contributed by atoms with Crippen molar-refractivity contribution in [2.75, 3.05) is 17.2 Å². The standard InChI is InChI=1S/C20H23N9O7S3/c1-8(2)36-25-12(10-7-38-19(21)22-10)15(32)23-13-16(33)29-14(18(34)35)9(5-37-17(13)29)6-39-20-24-26-27-28(20)4-3-11(30)31/h7-8,13,17H,3-6H2,1-2H3,(H2,21,22)(H,23,32)(H,30,31)(H,34,35)/b25-12-/t13?,17-/m1/s1. The number of oxime groups is 1. The number of aromatic nitrogens is 5. The summed E-state index contributed by atoms with van der Waals surface area (Å²) in [5.74, 6) is -3.17. The van der Waals surface area contributed by atoms with Crippen LogP contribution in [-0.2, 0) is 30.6 Å². The molecule has 2 amide bonds. The highest BCUT2D eigenvalue weighted by Crippen LogP contribution is 2.41. The monoisotopic (exact) mass is 597 g/mol. The number of carboxylic acid groups (broad SMARTS) is 2. The maximum absolute atomic E-state index is 13.1. The van der Waals surface area contributed by atoms with Crippen molar-refractivity contribution in [1.82, 2.24) is 35.4 Å². The van der Waals surface area contributed by atoms with Crippen molar-refractivity contribution in [1.29, 1.82) is 0 Å². The Labute approximate surface area is 233 Å². The highest BCUT2D eigenvalue weighted by atomic mass is 32.2. The van der Waals surface area contributed by atoms with Crippen LogP contribution in [0.5, 0.6) is 0 Å². The average Bonchev–Trinajstić information content (AvgIpc) is 3.52. The van der Waals surface area contributed by atoms with Crippen molar-refractivity contribution >= 4 is 69.5 Å². The van der Waals surface area contributed by atoms with Crippen LogP contribution in [0.4, 0.5) is 5.13 Å². The molecule has 5 N–H and O–H groups in total. The van der Waals surface area contributed by atoms with Gasteiger partial charge in [0.25, 0.3) is 11.8 Å². The molecule has 2 aliphatic rings. The van der Waals surface area contributed by atoms with Gasteiger partial charge in [-0.2, -0.15) is 0 Å². The van der Waals surface area contributed by atoms with Gasteiger partial charge in [-0.3, -0.25) is 19.3 Å². The Bertz CT molecular complexity index is 1360. The molecule has 2 aromatic heterocycles. The number of hydrogen-bond donors (Lipinski definition) is 4. The topological polar surface area (TPSA) is 228 Å². The van der Waals surface area contributed by atoms with Gasteiger partial charge in [-0.05, 0) is 29.8 Å². The molecule has 16 nitrogen and oxygen atoms in total. The number of amides is 2. The van der Waals surface area contributed by atoms with Crippen molar-refractivity contribution < 1.29 is 34.2 Å². The molecule has 2 aliphatic heterocycles. The summed E-state index contributed by atoms with van der Waals surface area (Å²) in [4.78, 5) is 59.6. The van der Waals surface area contributed by atoms with E-state index in [4.69, 9.17) is 15.7 Å². The van der Waals surface area contributed by atoms with E-state index in [1.54, 1.807) is 13.8 Å². The van der Waals surface area contributed by atoms with Crippen molar-refractivity contribution in [3.63, 3.8) is 0 Å². The van der Waals surface area contributed by atoms with Gasteiger partial charge in [0.05, 0.1) is 13.0 Å². The number of aryl methyl sites for hydroxylation is 1. The molecule has 1 saturated heterocycles. The third-order valence-electron chi connectivity index (χ3n) is 5.28. The minimum atomic E-state index is -1.29. The first-order valence-electron chi connectivity index (χ1n) is 11.3. The Hall–Kier alpha value is -3.71. The zero-order valence-electron chi connectivity index (χ0n) is 20.5. The molecule has 0 spiro atoms. The summed E-state index contributed by atoms with van der Waals surface area (Å²) in [5.41, 5.74) is 6.01. The average molecular weight is 598 g/mol. The first kappa shape index (κ1) is 28.3. The molecule has 2 aromatic rings. The lowest BCUT2D eigenvalue weighted by molar-refractivity contribution is -0.150. The van der Waals surface area contributed by atoms with E-state index in [0.29, 0.717) is 10.7 Å². The van der Waals surface area contributed by atoms with Gasteiger partial charge in [0.15, 0.2) is 10.8 Å². The van der Waals surface area contributed by atoms with E-state index < -0.39 is 35.2 Å². The number of carbonyl (C=O) groups is 4. The lowest BCUT2D eigenvalue weighted by atomic mass is 10.0. The smallest absolute Gasteiger partial charge is 0.352 e. The van der Waals surface area contributed by atoms with Crippen LogP contribution < -0.4 is 11.1 Å². The maximum Gasteiger partial charge on any atom is 0.352 e. The summed E-state index contributed by atoms with van der Waals surface area (Å²) in [6.45, 7) is 3.51. The number of nitrogen functional groups attached to an aromatic ring is 1. The predicted octanol–water partition coefficient (Wildman–Crippen LogP) is -0.153. The molecule has 1 unspecified atom stereocenters. The van der Waals surface area contributed by atoms with Crippen LogP contribution in [0, 0.1) is 0 Å². The van der Waals surface area contributed by atoms with Crippen LogP contribution >= 0.6 is 34.9 Å². The Morgan fingerprint density at radius 2 is 2.13 bits per heavy atom. The lowest BCUT2D eigenvalue weighted by Gasteiger charge is -2.49. The van der Waals surface area contributed by atoms with Crippen molar-refractivity contribution in [3.8, 4) is 0 Å². The third kappa shape index (κ3) is 6.31. The Morgan fingerprint density at radius 3 is 2.77 bits per heavy atom. The number of nitrogens with one attached hydrogen (secondary N) is 1. The van der Waals surface area contributed by atoms with Gasteiger partial charge in [-0.1, -0.05) is 16.9 Å². The number of nitrogens with two attached hydrogens (primary N) is 1. The van der Waals surface area contributed by atoms with Crippen LogP contribution in [0.2, 0.25) is 0 Å². The third-order valence-corrected chi connectivity index (χ3v) is 8.34. The highest BCUT2D eigenvalue weighted by molar-refractivity contribution is 8.01. The number of tetrazole rings is 1. The van der Waals surface area contributed by atoms with E-state index in [1.165, 1.54) is 21.8 Å². The van der Waals surface area contributed by atoms with Gasteiger partial charge in [-0.15, -0.1) is 28.2 Å². The normalized spacial score (nSPS) is 19.1. The lowest BCUT2D eigenvalue weighted by Crippen LogP contribution is -2.71. The molecule has 0 bridgehead atoms. The van der Waals surface area contributed by atoms with Crippen LogP contribution in [-0.4, -0.2) is 98.8 Å².